The van der Waals surface area contributed by atoms with E-state index in [1.165, 1.54) is 58.9 Å². The minimum atomic E-state index is -0.609. The molecule has 0 fully saturated rings. The van der Waals surface area contributed by atoms with Crippen molar-refractivity contribution in [3.05, 3.63) is 136 Å². The van der Waals surface area contributed by atoms with Gasteiger partial charge in [-0.05, 0) is 109 Å². The van der Waals surface area contributed by atoms with E-state index >= 15 is 0 Å². The Morgan fingerprint density at radius 2 is 1.62 bits per heavy atom. The van der Waals surface area contributed by atoms with E-state index in [9.17, 15) is 4.79 Å². The molecule has 0 amide bonds. The molecule has 4 aromatic carbocycles. The molecular formula is C42H51NO4. The number of ether oxygens (including phenoxy) is 3. The number of esters is 1. The van der Waals surface area contributed by atoms with Gasteiger partial charge in [-0.2, -0.15) is 0 Å². The van der Waals surface area contributed by atoms with Crippen molar-refractivity contribution in [2.45, 2.75) is 77.4 Å². The quantitative estimate of drug-likeness (QED) is 0.117. The maximum Gasteiger partial charge on any atom is 0.335 e. The minimum Gasteiger partial charge on any atom is -0.492 e. The van der Waals surface area contributed by atoms with Gasteiger partial charge in [0.15, 0.2) is 6.10 Å². The van der Waals surface area contributed by atoms with Gasteiger partial charge in [0.1, 0.15) is 12.4 Å². The van der Waals surface area contributed by atoms with Crippen molar-refractivity contribution in [2.75, 3.05) is 33.9 Å². The van der Waals surface area contributed by atoms with Crippen LogP contribution in [-0.4, -0.2) is 50.9 Å². The number of likely N-dealkylation sites (N-methyl/N-ethyl adjacent to an activating group) is 1. The third-order valence-electron chi connectivity index (χ3n) is 9.43. The summed E-state index contributed by atoms with van der Waals surface area (Å²) in [4.78, 5) is 14.6. The lowest BCUT2D eigenvalue weighted by molar-refractivity contribution is -0.154. The highest BCUT2D eigenvalue weighted by atomic mass is 16.6. The van der Waals surface area contributed by atoms with Gasteiger partial charge in [0.2, 0.25) is 0 Å². The van der Waals surface area contributed by atoms with Gasteiger partial charge in [0, 0.05) is 20.1 Å². The Hall–Kier alpha value is -3.93. The lowest BCUT2D eigenvalue weighted by Crippen LogP contribution is -2.30. The molecule has 0 spiro atoms. The average molecular weight is 634 g/mol. The molecule has 0 N–H and O–H groups in total. The largest absolute Gasteiger partial charge is 0.492 e. The highest BCUT2D eigenvalue weighted by Gasteiger charge is 2.28. The van der Waals surface area contributed by atoms with Crippen LogP contribution in [0.2, 0.25) is 0 Å². The third-order valence-corrected chi connectivity index (χ3v) is 9.43. The lowest BCUT2D eigenvalue weighted by atomic mass is 9.89. The van der Waals surface area contributed by atoms with Crippen molar-refractivity contribution in [2.24, 2.45) is 0 Å². The van der Waals surface area contributed by atoms with Crippen molar-refractivity contribution in [3.63, 3.8) is 0 Å². The van der Waals surface area contributed by atoms with E-state index < -0.39 is 6.10 Å². The summed E-state index contributed by atoms with van der Waals surface area (Å²) in [7, 11) is 3.77. The highest BCUT2D eigenvalue weighted by Crippen LogP contribution is 2.38. The van der Waals surface area contributed by atoms with Crippen LogP contribution in [0, 0.1) is 0 Å². The molecule has 4 aromatic rings. The maximum absolute atomic E-state index is 12.1. The molecule has 0 saturated carbocycles. The molecular weight excluding hydrogens is 582 g/mol. The van der Waals surface area contributed by atoms with E-state index in [2.05, 4.69) is 85.6 Å². The summed E-state index contributed by atoms with van der Waals surface area (Å²) in [5, 5.41) is 0. The van der Waals surface area contributed by atoms with E-state index in [1.54, 1.807) is 6.92 Å². The summed E-state index contributed by atoms with van der Waals surface area (Å²) in [6.07, 6.45) is 7.66. The van der Waals surface area contributed by atoms with Crippen LogP contribution in [0.15, 0.2) is 91.0 Å². The van der Waals surface area contributed by atoms with Crippen molar-refractivity contribution in [1.29, 1.82) is 0 Å². The molecule has 47 heavy (non-hydrogen) atoms. The Labute approximate surface area is 281 Å². The number of methoxy groups -OCH3 is 1. The number of nitrogens with zero attached hydrogens (tertiary/aromatic N) is 1. The fourth-order valence-electron chi connectivity index (χ4n) is 6.82. The number of benzene rings is 4. The van der Waals surface area contributed by atoms with E-state index in [1.807, 2.05) is 24.3 Å². The molecule has 0 aliphatic heterocycles. The number of aryl methyl sites for hydroxylation is 4. The standard InChI is InChI=1S/C42H51NO4/c1-5-7-12-32-20-25-38-35(29-32)22-26-37-34(21-17-31-13-9-8-10-14-31)15-11-16-39(37)41(38)43(3)27-28-47-36-23-18-33(19-24-36)30-40(45-4)42(44)46-6-2/h8-11,13-16,18-20,23-25,29,40-41H,5-7,12,17,21-22,26-28,30H2,1-4H3. The first kappa shape index (κ1) is 34.4. The summed E-state index contributed by atoms with van der Waals surface area (Å²) in [5.74, 6) is 0.484. The first-order chi connectivity index (χ1) is 23.0. The van der Waals surface area contributed by atoms with E-state index in [0.29, 0.717) is 19.6 Å². The Bertz CT molecular complexity index is 1570. The summed E-state index contributed by atoms with van der Waals surface area (Å²) >= 11 is 0. The van der Waals surface area contributed by atoms with Crippen molar-refractivity contribution in [3.8, 4) is 5.75 Å². The van der Waals surface area contributed by atoms with Gasteiger partial charge in [-0.3, -0.25) is 4.90 Å². The topological polar surface area (TPSA) is 48.0 Å². The SMILES string of the molecule is CCCCc1ccc2c(c1)CCc1c(CCc3ccccc3)cccc1C2N(C)CCOc1ccc(CC(OC)C(=O)OCC)cc1. The number of rotatable bonds is 16. The van der Waals surface area contributed by atoms with Crippen LogP contribution < -0.4 is 4.74 Å². The van der Waals surface area contributed by atoms with Crippen LogP contribution >= 0.6 is 0 Å². The molecule has 5 rings (SSSR count). The first-order valence-electron chi connectivity index (χ1n) is 17.4. The molecule has 248 valence electrons. The van der Waals surface area contributed by atoms with Crippen molar-refractivity contribution < 1.29 is 19.0 Å². The lowest BCUT2D eigenvalue weighted by Gasteiger charge is -2.31. The zero-order chi connectivity index (χ0) is 33.0. The van der Waals surface area contributed by atoms with Crippen molar-refractivity contribution >= 4 is 5.97 Å². The summed E-state index contributed by atoms with van der Waals surface area (Å²) < 4.78 is 16.8. The monoisotopic (exact) mass is 633 g/mol. The Morgan fingerprint density at radius 1 is 0.830 bits per heavy atom. The molecule has 0 heterocycles. The second-order valence-electron chi connectivity index (χ2n) is 12.7. The number of carbonyl (C=O) groups excluding carboxylic acids is 1. The normalized spacial score (nSPS) is 14.6. The molecule has 2 atom stereocenters. The fraction of sp³-hybridized carbons (Fsp3) is 0.405. The highest BCUT2D eigenvalue weighted by molar-refractivity contribution is 5.75. The maximum atomic E-state index is 12.1. The zero-order valence-corrected chi connectivity index (χ0v) is 28.7. The van der Waals surface area contributed by atoms with E-state index in [4.69, 9.17) is 14.2 Å². The zero-order valence-electron chi connectivity index (χ0n) is 28.7. The predicted octanol–water partition coefficient (Wildman–Crippen LogP) is 8.13. The molecule has 1 aliphatic rings. The molecule has 5 heteroatoms. The molecule has 0 saturated heterocycles. The van der Waals surface area contributed by atoms with Crippen LogP contribution in [0.25, 0.3) is 0 Å². The molecule has 2 unspecified atom stereocenters. The Kier molecular flexibility index (Phi) is 12.7. The fourth-order valence-corrected chi connectivity index (χ4v) is 6.82. The van der Waals surface area contributed by atoms with E-state index in [0.717, 1.165) is 50.0 Å². The second kappa shape index (κ2) is 17.3. The van der Waals surface area contributed by atoms with Crippen molar-refractivity contribution in [1.82, 2.24) is 4.90 Å². The number of unbranched alkanes of at least 4 members (excludes halogenated alkanes) is 1. The molecule has 0 bridgehead atoms. The first-order valence-corrected chi connectivity index (χ1v) is 17.4. The Balaban J connectivity index is 1.32. The smallest absolute Gasteiger partial charge is 0.335 e. The van der Waals surface area contributed by atoms with Crippen LogP contribution in [0.5, 0.6) is 5.75 Å². The van der Waals surface area contributed by atoms with Gasteiger partial charge in [0.05, 0.1) is 12.6 Å². The molecule has 1 aliphatic carbocycles. The summed E-state index contributed by atoms with van der Waals surface area (Å²) in [5.41, 5.74) is 11.2. The van der Waals surface area contributed by atoms with Crippen LogP contribution in [-0.2, 0) is 52.8 Å². The third kappa shape index (κ3) is 9.12. The van der Waals surface area contributed by atoms with E-state index in [-0.39, 0.29) is 12.0 Å². The van der Waals surface area contributed by atoms with Gasteiger partial charge in [-0.15, -0.1) is 0 Å². The second-order valence-corrected chi connectivity index (χ2v) is 12.7. The number of fused-ring (bicyclic) bond motifs is 2. The van der Waals surface area contributed by atoms with Crippen LogP contribution in [0.1, 0.15) is 77.2 Å². The number of carbonyl (C=O) groups is 1. The number of hydrogen-bond acceptors (Lipinski definition) is 5. The summed E-state index contributed by atoms with van der Waals surface area (Å²) in [6, 6.07) is 33.1. The summed E-state index contributed by atoms with van der Waals surface area (Å²) in [6.45, 7) is 5.76. The minimum absolute atomic E-state index is 0.166. The molecule has 0 radical (unpaired) electrons. The van der Waals surface area contributed by atoms with Gasteiger partial charge in [-0.25, -0.2) is 4.79 Å². The van der Waals surface area contributed by atoms with Gasteiger partial charge in [0.25, 0.3) is 0 Å². The van der Waals surface area contributed by atoms with Gasteiger partial charge < -0.3 is 14.2 Å². The van der Waals surface area contributed by atoms with Gasteiger partial charge in [-0.1, -0.05) is 92.2 Å². The molecule has 5 nitrogen and oxygen atoms in total. The van der Waals surface area contributed by atoms with Gasteiger partial charge >= 0.3 is 5.97 Å². The molecule has 0 aromatic heterocycles. The predicted molar refractivity (Wildman–Crippen MR) is 190 cm³/mol. The Morgan fingerprint density at radius 3 is 2.36 bits per heavy atom. The average Bonchev–Trinajstić information content (AvgIpc) is 3.26. The number of hydrogen-bond donors (Lipinski definition) is 0. The van der Waals surface area contributed by atoms with Crippen LogP contribution in [0.4, 0.5) is 0 Å². The van der Waals surface area contributed by atoms with Crippen LogP contribution in [0.3, 0.4) is 0 Å².